The van der Waals surface area contributed by atoms with Gasteiger partial charge in [0, 0.05) is 31.4 Å². The Hall–Kier alpha value is -1.06. The molecule has 110 valence electrons. The third-order valence-electron chi connectivity index (χ3n) is 4.27. The van der Waals surface area contributed by atoms with Crippen molar-refractivity contribution in [1.82, 2.24) is 5.32 Å². The number of nitrogens with zero attached hydrogens (tertiary/aromatic N) is 1. The Morgan fingerprint density at radius 1 is 1.20 bits per heavy atom. The summed E-state index contributed by atoms with van der Waals surface area (Å²) < 4.78 is 5.81. The zero-order valence-electron chi connectivity index (χ0n) is 12.9. The molecule has 1 aromatic rings. The molecule has 20 heavy (non-hydrogen) atoms. The largest absolute Gasteiger partial charge is 0.372 e. The van der Waals surface area contributed by atoms with Crippen molar-refractivity contribution in [2.24, 2.45) is 0 Å². The van der Waals surface area contributed by atoms with Crippen LogP contribution in [0.1, 0.15) is 37.8 Å². The minimum atomic E-state index is 0.315. The Balaban J connectivity index is 1.68. The monoisotopic (exact) mass is 274 g/mol. The van der Waals surface area contributed by atoms with E-state index in [1.807, 2.05) is 0 Å². The second-order valence-corrected chi connectivity index (χ2v) is 6.43. The van der Waals surface area contributed by atoms with E-state index in [0.717, 1.165) is 25.7 Å². The molecular formula is C17H26N2O. The number of hydrogen-bond donors (Lipinski definition) is 1. The van der Waals surface area contributed by atoms with Crippen molar-refractivity contribution < 1.29 is 4.74 Å². The smallest absolute Gasteiger partial charge is 0.0726 e. The lowest BCUT2D eigenvalue weighted by Crippen LogP contribution is -2.45. The molecule has 0 amide bonds. The van der Waals surface area contributed by atoms with Crippen molar-refractivity contribution in [3.8, 4) is 0 Å². The fourth-order valence-corrected chi connectivity index (χ4v) is 3.01. The van der Waals surface area contributed by atoms with Crippen LogP contribution in [0.25, 0.3) is 0 Å². The fourth-order valence-electron chi connectivity index (χ4n) is 3.01. The van der Waals surface area contributed by atoms with E-state index >= 15 is 0 Å². The number of ether oxygens (including phenoxy) is 1. The summed E-state index contributed by atoms with van der Waals surface area (Å²) >= 11 is 0. The average molecular weight is 274 g/mol. The molecule has 1 aromatic carbocycles. The molecule has 2 atom stereocenters. The first-order chi connectivity index (χ1) is 9.61. The second-order valence-electron chi connectivity index (χ2n) is 6.43. The molecule has 1 saturated carbocycles. The predicted octanol–water partition coefficient (Wildman–Crippen LogP) is 2.86. The van der Waals surface area contributed by atoms with Gasteiger partial charge >= 0.3 is 0 Å². The van der Waals surface area contributed by atoms with Crippen LogP contribution in [0.4, 0.5) is 5.69 Å². The first kappa shape index (κ1) is 13.9. The summed E-state index contributed by atoms with van der Waals surface area (Å²) in [6.07, 6.45) is 3.33. The average Bonchev–Trinajstić information content (AvgIpc) is 3.20. The zero-order chi connectivity index (χ0) is 14.1. The predicted molar refractivity (Wildman–Crippen MR) is 83.3 cm³/mol. The van der Waals surface area contributed by atoms with E-state index in [2.05, 4.69) is 49.2 Å². The highest BCUT2D eigenvalue weighted by atomic mass is 16.5. The molecule has 0 spiro atoms. The quantitative estimate of drug-likeness (QED) is 0.913. The summed E-state index contributed by atoms with van der Waals surface area (Å²) in [5.74, 6) is 0. The van der Waals surface area contributed by atoms with Crippen molar-refractivity contribution in [2.45, 2.75) is 58.4 Å². The first-order valence-electron chi connectivity index (χ1n) is 7.85. The number of aryl methyl sites for hydroxylation is 1. The summed E-state index contributed by atoms with van der Waals surface area (Å²) in [5.41, 5.74) is 4.15. The van der Waals surface area contributed by atoms with Crippen LogP contribution in [0.3, 0.4) is 0 Å². The Kier molecular flexibility index (Phi) is 3.99. The molecule has 1 heterocycles. The highest BCUT2D eigenvalue weighted by molar-refractivity contribution is 5.51. The topological polar surface area (TPSA) is 24.5 Å². The number of nitrogens with one attached hydrogen (secondary N) is 1. The first-order valence-corrected chi connectivity index (χ1v) is 7.85. The number of rotatable bonds is 4. The summed E-state index contributed by atoms with van der Waals surface area (Å²) in [7, 11) is 0. The lowest BCUT2D eigenvalue weighted by molar-refractivity contribution is -0.00522. The second kappa shape index (κ2) is 5.74. The van der Waals surface area contributed by atoms with Gasteiger partial charge in [-0.15, -0.1) is 0 Å². The van der Waals surface area contributed by atoms with E-state index in [-0.39, 0.29) is 0 Å². The number of anilines is 1. The van der Waals surface area contributed by atoms with Gasteiger partial charge in [0.2, 0.25) is 0 Å². The van der Waals surface area contributed by atoms with Gasteiger partial charge in [-0.05, 0) is 56.9 Å². The molecule has 2 unspecified atom stereocenters. The van der Waals surface area contributed by atoms with Crippen LogP contribution in [-0.2, 0) is 11.3 Å². The lowest BCUT2D eigenvalue weighted by Gasteiger charge is -2.37. The normalized spacial score (nSPS) is 26.9. The highest BCUT2D eigenvalue weighted by Crippen LogP contribution is 2.24. The molecule has 1 N–H and O–H groups in total. The van der Waals surface area contributed by atoms with Crippen molar-refractivity contribution >= 4 is 5.69 Å². The SMILES string of the molecule is Cc1cc(N2CC(C)OC(C)C2)ccc1CNC1CC1. The third-order valence-corrected chi connectivity index (χ3v) is 4.27. The molecule has 2 aliphatic rings. The lowest BCUT2D eigenvalue weighted by atomic mass is 10.1. The van der Waals surface area contributed by atoms with E-state index < -0.39 is 0 Å². The third kappa shape index (κ3) is 3.33. The number of hydrogen-bond acceptors (Lipinski definition) is 3. The van der Waals surface area contributed by atoms with Crippen LogP contribution < -0.4 is 10.2 Å². The van der Waals surface area contributed by atoms with Crippen LogP contribution in [-0.4, -0.2) is 31.3 Å². The van der Waals surface area contributed by atoms with Crippen LogP contribution in [0.2, 0.25) is 0 Å². The van der Waals surface area contributed by atoms with Crippen LogP contribution in [0.5, 0.6) is 0 Å². The fraction of sp³-hybridized carbons (Fsp3) is 0.647. The summed E-state index contributed by atoms with van der Waals surface area (Å²) in [6, 6.07) is 7.65. The standard InChI is InChI=1S/C17H26N2O/c1-12-8-17(19-10-13(2)20-14(3)11-19)7-4-15(12)9-18-16-5-6-16/h4,7-8,13-14,16,18H,5-6,9-11H2,1-3H3. The van der Waals surface area contributed by atoms with Gasteiger partial charge in [-0.3, -0.25) is 0 Å². The van der Waals surface area contributed by atoms with Crippen molar-refractivity contribution in [3.05, 3.63) is 29.3 Å². The van der Waals surface area contributed by atoms with Gasteiger partial charge in [0.05, 0.1) is 12.2 Å². The zero-order valence-corrected chi connectivity index (χ0v) is 12.9. The molecule has 2 fully saturated rings. The summed E-state index contributed by atoms with van der Waals surface area (Å²) in [6.45, 7) is 9.52. The summed E-state index contributed by atoms with van der Waals surface area (Å²) in [4.78, 5) is 2.45. The van der Waals surface area contributed by atoms with Crippen molar-refractivity contribution in [2.75, 3.05) is 18.0 Å². The number of morpholine rings is 1. The van der Waals surface area contributed by atoms with Crippen molar-refractivity contribution in [3.63, 3.8) is 0 Å². The minimum Gasteiger partial charge on any atom is -0.372 e. The van der Waals surface area contributed by atoms with Gasteiger partial charge in [-0.25, -0.2) is 0 Å². The van der Waals surface area contributed by atoms with Crippen LogP contribution >= 0.6 is 0 Å². The van der Waals surface area contributed by atoms with Gasteiger partial charge in [-0.2, -0.15) is 0 Å². The molecule has 0 radical (unpaired) electrons. The van der Waals surface area contributed by atoms with E-state index in [1.54, 1.807) is 0 Å². The van der Waals surface area contributed by atoms with E-state index in [9.17, 15) is 0 Å². The Bertz CT molecular complexity index is 460. The molecular weight excluding hydrogens is 248 g/mol. The molecule has 3 nitrogen and oxygen atoms in total. The minimum absolute atomic E-state index is 0.315. The van der Waals surface area contributed by atoms with E-state index in [4.69, 9.17) is 4.74 Å². The molecule has 3 rings (SSSR count). The van der Waals surface area contributed by atoms with Gasteiger partial charge < -0.3 is 15.0 Å². The van der Waals surface area contributed by atoms with Gasteiger partial charge in [0.25, 0.3) is 0 Å². The molecule has 1 saturated heterocycles. The molecule has 1 aliphatic heterocycles. The van der Waals surface area contributed by atoms with E-state index in [1.165, 1.54) is 29.7 Å². The highest BCUT2D eigenvalue weighted by Gasteiger charge is 2.23. The van der Waals surface area contributed by atoms with Crippen LogP contribution in [0, 0.1) is 6.92 Å². The molecule has 1 aliphatic carbocycles. The molecule has 3 heteroatoms. The van der Waals surface area contributed by atoms with Gasteiger partial charge in [0.1, 0.15) is 0 Å². The molecule has 0 bridgehead atoms. The Morgan fingerprint density at radius 3 is 2.50 bits per heavy atom. The maximum Gasteiger partial charge on any atom is 0.0726 e. The van der Waals surface area contributed by atoms with Crippen molar-refractivity contribution in [1.29, 1.82) is 0 Å². The van der Waals surface area contributed by atoms with Crippen LogP contribution in [0.15, 0.2) is 18.2 Å². The molecule has 0 aromatic heterocycles. The van der Waals surface area contributed by atoms with Gasteiger partial charge in [-0.1, -0.05) is 6.07 Å². The number of benzene rings is 1. The maximum atomic E-state index is 5.81. The summed E-state index contributed by atoms with van der Waals surface area (Å²) in [5, 5.41) is 3.59. The maximum absolute atomic E-state index is 5.81. The Labute approximate surface area is 122 Å². The van der Waals surface area contributed by atoms with Gasteiger partial charge in [0.15, 0.2) is 0 Å². The van der Waals surface area contributed by atoms with E-state index in [0.29, 0.717) is 12.2 Å². The Morgan fingerprint density at radius 2 is 1.90 bits per heavy atom.